The zero-order valence-corrected chi connectivity index (χ0v) is 13.2. The molecule has 1 aliphatic rings. The predicted molar refractivity (Wildman–Crippen MR) is 85.1 cm³/mol. The number of nitrogens with zero attached hydrogens (tertiary/aromatic N) is 6. The number of fused-ring (bicyclic) bond motifs is 1. The second-order valence-corrected chi connectivity index (χ2v) is 5.84. The van der Waals surface area contributed by atoms with Gasteiger partial charge in [-0.05, 0) is 24.1 Å². The van der Waals surface area contributed by atoms with E-state index in [4.69, 9.17) is 0 Å². The van der Waals surface area contributed by atoms with Gasteiger partial charge in [0, 0.05) is 32.5 Å². The van der Waals surface area contributed by atoms with Crippen LogP contribution in [0.1, 0.15) is 23.6 Å². The summed E-state index contributed by atoms with van der Waals surface area (Å²) in [4.78, 5) is 3.83. The van der Waals surface area contributed by atoms with Crippen molar-refractivity contribution in [2.75, 3.05) is 6.54 Å². The molecule has 0 saturated heterocycles. The maximum absolute atomic E-state index is 14.2. The average Bonchev–Trinajstić information content (AvgIpc) is 3.30. The predicted octanol–water partition coefficient (Wildman–Crippen LogP) is 1.28. The summed E-state index contributed by atoms with van der Waals surface area (Å²) >= 11 is 0. The maximum atomic E-state index is 14.2. The van der Waals surface area contributed by atoms with Gasteiger partial charge in [-0.2, -0.15) is 5.10 Å². The number of nitrogens with one attached hydrogen (secondary N) is 1. The molecule has 0 fully saturated rings. The Labute approximate surface area is 138 Å². The van der Waals surface area contributed by atoms with E-state index in [9.17, 15) is 4.39 Å². The van der Waals surface area contributed by atoms with Crippen molar-refractivity contribution in [1.82, 2.24) is 34.8 Å². The lowest BCUT2D eigenvalue weighted by atomic mass is 10.2. The third kappa shape index (κ3) is 2.92. The molecule has 0 amide bonds. The standard InChI is InChI=1S/C16H18FN7/c17-13-8-12(3-4-14(13)24-11-19-10-20-24)9-18-6-5-16-22-21-15-2-1-7-23(15)16/h3-4,8,10-11,18H,1-2,5-7,9H2. The number of benzene rings is 1. The molecule has 1 aromatic carbocycles. The van der Waals surface area contributed by atoms with Crippen molar-refractivity contribution in [3.8, 4) is 5.69 Å². The topological polar surface area (TPSA) is 73.5 Å². The van der Waals surface area contributed by atoms with Crippen LogP contribution < -0.4 is 5.32 Å². The Kier molecular flexibility index (Phi) is 4.04. The number of rotatable bonds is 6. The maximum Gasteiger partial charge on any atom is 0.149 e. The van der Waals surface area contributed by atoms with Gasteiger partial charge in [-0.1, -0.05) is 6.07 Å². The molecule has 3 heterocycles. The molecule has 124 valence electrons. The van der Waals surface area contributed by atoms with Crippen LogP contribution in [-0.4, -0.2) is 36.1 Å². The van der Waals surface area contributed by atoms with E-state index in [-0.39, 0.29) is 5.82 Å². The Morgan fingerprint density at radius 3 is 3.04 bits per heavy atom. The molecule has 0 spiro atoms. The monoisotopic (exact) mass is 327 g/mol. The largest absolute Gasteiger partial charge is 0.315 e. The van der Waals surface area contributed by atoms with Crippen molar-refractivity contribution in [3.05, 3.63) is 53.9 Å². The molecule has 0 aliphatic carbocycles. The highest BCUT2D eigenvalue weighted by atomic mass is 19.1. The first-order valence-corrected chi connectivity index (χ1v) is 8.06. The molecule has 0 saturated carbocycles. The van der Waals surface area contributed by atoms with E-state index < -0.39 is 0 Å². The molecular weight excluding hydrogens is 309 g/mol. The van der Waals surface area contributed by atoms with Crippen molar-refractivity contribution in [3.63, 3.8) is 0 Å². The molecule has 0 bridgehead atoms. The fraction of sp³-hybridized carbons (Fsp3) is 0.375. The SMILES string of the molecule is Fc1cc(CNCCc2nnc3n2CCC3)ccc1-n1cncn1. The van der Waals surface area contributed by atoms with E-state index in [1.165, 1.54) is 23.4 Å². The minimum Gasteiger partial charge on any atom is -0.315 e. The van der Waals surface area contributed by atoms with Crippen LogP contribution in [0.5, 0.6) is 0 Å². The number of halogens is 1. The number of aromatic nitrogens is 6. The van der Waals surface area contributed by atoms with Crippen molar-refractivity contribution < 1.29 is 4.39 Å². The Morgan fingerprint density at radius 1 is 1.25 bits per heavy atom. The molecule has 1 N–H and O–H groups in total. The van der Waals surface area contributed by atoms with Gasteiger partial charge in [-0.25, -0.2) is 14.1 Å². The normalized spacial score (nSPS) is 13.4. The summed E-state index contributed by atoms with van der Waals surface area (Å²) in [6, 6.07) is 5.13. The molecule has 0 atom stereocenters. The summed E-state index contributed by atoms with van der Waals surface area (Å²) in [6.45, 7) is 2.41. The molecule has 8 heteroatoms. The van der Waals surface area contributed by atoms with Gasteiger partial charge in [-0.15, -0.1) is 10.2 Å². The lowest BCUT2D eigenvalue weighted by molar-refractivity contribution is 0.601. The smallest absolute Gasteiger partial charge is 0.149 e. The molecule has 7 nitrogen and oxygen atoms in total. The second kappa shape index (κ2) is 6.48. The lowest BCUT2D eigenvalue weighted by Crippen LogP contribution is -2.18. The Hall–Kier alpha value is -2.61. The van der Waals surface area contributed by atoms with Gasteiger partial charge in [0.15, 0.2) is 0 Å². The highest BCUT2D eigenvalue weighted by Gasteiger charge is 2.16. The number of aryl methyl sites for hydroxylation is 1. The second-order valence-electron chi connectivity index (χ2n) is 5.84. The first kappa shape index (κ1) is 14.9. The number of hydrogen-bond acceptors (Lipinski definition) is 5. The van der Waals surface area contributed by atoms with Crippen molar-refractivity contribution in [1.29, 1.82) is 0 Å². The molecular formula is C16H18FN7. The molecule has 24 heavy (non-hydrogen) atoms. The van der Waals surface area contributed by atoms with Gasteiger partial charge in [0.2, 0.25) is 0 Å². The highest BCUT2D eigenvalue weighted by molar-refractivity contribution is 5.35. The van der Waals surface area contributed by atoms with Crippen LogP contribution in [0, 0.1) is 5.82 Å². The van der Waals surface area contributed by atoms with E-state index in [1.54, 1.807) is 6.07 Å². The van der Waals surface area contributed by atoms with Gasteiger partial charge < -0.3 is 9.88 Å². The summed E-state index contributed by atoms with van der Waals surface area (Å²) in [7, 11) is 0. The average molecular weight is 327 g/mol. The van der Waals surface area contributed by atoms with Gasteiger partial charge in [0.25, 0.3) is 0 Å². The zero-order chi connectivity index (χ0) is 16.4. The first-order chi connectivity index (χ1) is 11.8. The van der Waals surface area contributed by atoms with E-state index in [0.29, 0.717) is 12.2 Å². The van der Waals surface area contributed by atoms with Gasteiger partial charge in [-0.3, -0.25) is 0 Å². The van der Waals surface area contributed by atoms with Crippen LogP contribution in [0.15, 0.2) is 30.9 Å². The van der Waals surface area contributed by atoms with Gasteiger partial charge >= 0.3 is 0 Å². The summed E-state index contributed by atoms with van der Waals surface area (Å²) in [5.74, 6) is 1.81. The lowest BCUT2D eigenvalue weighted by Gasteiger charge is -2.08. The van der Waals surface area contributed by atoms with E-state index in [0.717, 1.165) is 49.6 Å². The first-order valence-electron chi connectivity index (χ1n) is 8.06. The molecule has 3 aromatic rings. The van der Waals surface area contributed by atoms with E-state index >= 15 is 0 Å². The fourth-order valence-electron chi connectivity index (χ4n) is 3.01. The zero-order valence-electron chi connectivity index (χ0n) is 13.2. The van der Waals surface area contributed by atoms with Crippen molar-refractivity contribution in [2.24, 2.45) is 0 Å². The van der Waals surface area contributed by atoms with Crippen LogP contribution in [0.2, 0.25) is 0 Å². The van der Waals surface area contributed by atoms with Crippen LogP contribution in [0.25, 0.3) is 5.69 Å². The minimum atomic E-state index is -0.310. The molecule has 2 aromatic heterocycles. The molecule has 4 rings (SSSR count). The Balaban J connectivity index is 1.32. The number of hydrogen-bond donors (Lipinski definition) is 1. The molecule has 1 aliphatic heterocycles. The van der Waals surface area contributed by atoms with Gasteiger partial charge in [0.05, 0.1) is 0 Å². The van der Waals surface area contributed by atoms with E-state index in [2.05, 4.69) is 30.2 Å². The van der Waals surface area contributed by atoms with Crippen LogP contribution >= 0.6 is 0 Å². The van der Waals surface area contributed by atoms with E-state index in [1.807, 2.05) is 6.07 Å². The quantitative estimate of drug-likeness (QED) is 0.690. The third-order valence-electron chi connectivity index (χ3n) is 4.22. The van der Waals surface area contributed by atoms with Gasteiger partial charge in [0.1, 0.15) is 35.8 Å². The molecule has 0 radical (unpaired) electrons. The van der Waals surface area contributed by atoms with Crippen LogP contribution in [0.4, 0.5) is 4.39 Å². The summed E-state index contributed by atoms with van der Waals surface area (Å²) in [6.07, 6.45) is 5.87. The highest BCUT2D eigenvalue weighted by Crippen LogP contribution is 2.15. The fourth-order valence-corrected chi connectivity index (χ4v) is 3.01. The van der Waals surface area contributed by atoms with Crippen LogP contribution in [0.3, 0.4) is 0 Å². The van der Waals surface area contributed by atoms with Crippen molar-refractivity contribution >= 4 is 0 Å². The summed E-state index contributed by atoms with van der Waals surface area (Å²) in [5, 5.41) is 15.7. The summed E-state index contributed by atoms with van der Waals surface area (Å²) in [5.41, 5.74) is 1.29. The Bertz CT molecular complexity index is 825. The van der Waals surface area contributed by atoms with Crippen LogP contribution in [-0.2, 0) is 25.9 Å². The van der Waals surface area contributed by atoms with Crippen molar-refractivity contribution in [2.45, 2.75) is 32.4 Å². The summed E-state index contributed by atoms with van der Waals surface area (Å²) < 4.78 is 17.8. The Morgan fingerprint density at radius 2 is 2.21 bits per heavy atom. The third-order valence-corrected chi connectivity index (χ3v) is 4.22. The minimum absolute atomic E-state index is 0.310. The molecule has 0 unspecified atom stereocenters.